The average molecular weight is 399 g/mol. The SMILES string of the molecule is COc1cc(-n2c(-c3ccc(S(N)(=O)=O)c(F)c3)coc2=O)ccc1Cl. The minimum absolute atomic E-state index is 0.208. The lowest BCUT2D eigenvalue weighted by Gasteiger charge is -2.10. The molecule has 3 aromatic rings. The summed E-state index contributed by atoms with van der Waals surface area (Å²) in [5.74, 6) is -1.43. The molecule has 1 aromatic heterocycles. The van der Waals surface area contributed by atoms with E-state index in [0.717, 1.165) is 18.4 Å². The summed E-state index contributed by atoms with van der Waals surface area (Å²) in [7, 11) is -2.78. The summed E-state index contributed by atoms with van der Waals surface area (Å²) in [6, 6.07) is 7.89. The van der Waals surface area contributed by atoms with Crippen molar-refractivity contribution >= 4 is 21.6 Å². The molecule has 2 N–H and O–H groups in total. The minimum Gasteiger partial charge on any atom is -0.495 e. The van der Waals surface area contributed by atoms with Gasteiger partial charge >= 0.3 is 5.76 Å². The number of oxazole rings is 1. The molecule has 2 aromatic carbocycles. The lowest BCUT2D eigenvalue weighted by atomic mass is 10.1. The highest BCUT2D eigenvalue weighted by molar-refractivity contribution is 7.89. The van der Waals surface area contributed by atoms with E-state index in [4.69, 9.17) is 25.9 Å². The van der Waals surface area contributed by atoms with Crippen molar-refractivity contribution in [3.05, 3.63) is 64.1 Å². The molecule has 0 radical (unpaired) electrons. The zero-order valence-corrected chi connectivity index (χ0v) is 14.8. The van der Waals surface area contributed by atoms with Crippen molar-refractivity contribution in [2.75, 3.05) is 7.11 Å². The Kier molecular flexibility index (Phi) is 4.61. The Labute approximate surface area is 152 Å². The van der Waals surface area contributed by atoms with E-state index in [1.165, 1.54) is 29.9 Å². The van der Waals surface area contributed by atoms with Crippen molar-refractivity contribution < 1.29 is 22.0 Å². The molecule has 7 nitrogen and oxygen atoms in total. The van der Waals surface area contributed by atoms with E-state index < -0.39 is 26.5 Å². The van der Waals surface area contributed by atoms with Gasteiger partial charge in [-0.05, 0) is 24.3 Å². The van der Waals surface area contributed by atoms with Crippen LogP contribution < -0.4 is 15.6 Å². The van der Waals surface area contributed by atoms with E-state index in [2.05, 4.69) is 0 Å². The predicted octanol–water partition coefficient (Wildman–Crippen LogP) is 2.55. The van der Waals surface area contributed by atoms with Gasteiger partial charge < -0.3 is 9.15 Å². The molecule has 26 heavy (non-hydrogen) atoms. The van der Waals surface area contributed by atoms with Crippen molar-refractivity contribution in [2.24, 2.45) is 5.14 Å². The molecule has 0 saturated heterocycles. The van der Waals surface area contributed by atoms with Gasteiger partial charge in [0.2, 0.25) is 10.0 Å². The maximum Gasteiger partial charge on any atom is 0.424 e. The molecule has 0 aliphatic carbocycles. The number of hydrogen-bond acceptors (Lipinski definition) is 5. The fraction of sp³-hybridized carbons (Fsp3) is 0.0625. The van der Waals surface area contributed by atoms with Gasteiger partial charge in [-0.2, -0.15) is 0 Å². The summed E-state index contributed by atoms with van der Waals surface area (Å²) in [6.45, 7) is 0. The molecule has 0 unspecified atom stereocenters. The van der Waals surface area contributed by atoms with Gasteiger partial charge in [-0.25, -0.2) is 27.3 Å². The first-order valence-corrected chi connectivity index (χ1v) is 9.02. The quantitative estimate of drug-likeness (QED) is 0.727. The topological polar surface area (TPSA) is 105 Å². The molecule has 0 atom stereocenters. The first kappa shape index (κ1) is 18.2. The third kappa shape index (κ3) is 3.24. The number of primary sulfonamides is 1. The van der Waals surface area contributed by atoms with Crippen LogP contribution in [-0.2, 0) is 10.0 Å². The molecule has 0 spiro atoms. The molecule has 0 amide bonds. The number of hydrogen-bond donors (Lipinski definition) is 1. The highest BCUT2D eigenvalue weighted by Crippen LogP contribution is 2.29. The Hall–Kier alpha value is -2.62. The van der Waals surface area contributed by atoms with Crippen LogP contribution in [0, 0.1) is 5.82 Å². The van der Waals surface area contributed by atoms with Crippen LogP contribution in [0.3, 0.4) is 0 Å². The van der Waals surface area contributed by atoms with Crippen LogP contribution >= 0.6 is 11.6 Å². The predicted molar refractivity (Wildman–Crippen MR) is 92.6 cm³/mol. The number of benzene rings is 2. The van der Waals surface area contributed by atoms with Crippen LogP contribution in [0.15, 0.2) is 56.8 Å². The number of ether oxygens (including phenoxy) is 1. The van der Waals surface area contributed by atoms with Gasteiger partial charge in [0, 0.05) is 11.6 Å². The first-order chi connectivity index (χ1) is 12.2. The third-order valence-electron chi connectivity index (χ3n) is 3.62. The molecule has 136 valence electrons. The lowest BCUT2D eigenvalue weighted by Crippen LogP contribution is -2.15. The zero-order valence-electron chi connectivity index (χ0n) is 13.3. The van der Waals surface area contributed by atoms with Crippen LogP contribution in [0.25, 0.3) is 16.9 Å². The fourth-order valence-corrected chi connectivity index (χ4v) is 3.21. The van der Waals surface area contributed by atoms with Crippen molar-refractivity contribution in [1.29, 1.82) is 0 Å². The zero-order chi connectivity index (χ0) is 19.1. The molecule has 3 rings (SSSR count). The van der Waals surface area contributed by atoms with E-state index in [-0.39, 0.29) is 11.3 Å². The minimum atomic E-state index is -4.20. The second-order valence-electron chi connectivity index (χ2n) is 5.23. The van der Waals surface area contributed by atoms with Gasteiger partial charge in [0.15, 0.2) is 0 Å². The number of nitrogens with zero attached hydrogens (tertiary/aromatic N) is 1. The van der Waals surface area contributed by atoms with Crippen molar-refractivity contribution in [3.63, 3.8) is 0 Å². The van der Waals surface area contributed by atoms with Gasteiger partial charge in [-0.3, -0.25) is 0 Å². The number of rotatable bonds is 4. The monoisotopic (exact) mass is 398 g/mol. The van der Waals surface area contributed by atoms with Crippen LogP contribution in [-0.4, -0.2) is 20.1 Å². The molecule has 10 heteroatoms. The maximum absolute atomic E-state index is 14.1. The van der Waals surface area contributed by atoms with Gasteiger partial charge in [0.05, 0.1) is 23.5 Å². The van der Waals surface area contributed by atoms with Crippen LogP contribution in [0.1, 0.15) is 0 Å². The highest BCUT2D eigenvalue weighted by atomic mass is 35.5. The fourth-order valence-electron chi connectivity index (χ4n) is 2.43. The molecular weight excluding hydrogens is 387 g/mol. The van der Waals surface area contributed by atoms with E-state index >= 15 is 0 Å². The Bertz CT molecular complexity index is 1150. The van der Waals surface area contributed by atoms with Crippen molar-refractivity contribution in [1.82, 2.24) is 4.57 Å². The highest BCUT2D eigenvalue weighted by Gasteiger charge is 2.19. The molecular formula is C16H12ClFN2O5S. The molecule has 0 bridgehead atoms. The van der Waals surface area contributed by atoms with Crippen molar-refractivity contribution in [3.8, 4) is 22.7 Å². The normalized spacial score (nSPS) is 11.5. The van der Waals surface area contributed by atoms with Gasteiger partial charge in [0.1, 0.15) is 22.7 Å². The molecule has 1 heterocycles. The second-order valence-corrected chi connectivity index (χ2v) is 7.17. The van der Waals surface area contributed by atoms with Crippen LogP contribution in [0.5, 0.6) is 5.75 Å². The Balaban J connectivity index is 2.18. The van der Waals surface area contributed by atoms with E-state index in [9.17, 15) is 17.6 Å². The summed E-state index contributed by atoms with van der Waals surface area (Å²) in [4.78, 5) is 11.5. The summed E-state index contributed by atoms with van der Waals surface area (Å²) >= 11 is 5.98. The number of sulfonamides is 1. The average Bonchev–Trinajstić information content (AvgIpc) is 2.96. The Morgan fingerprint density at radius 2 is 1.96 bits per heavy atom. The first-order valence-electron chi connectivity index (χ1n) is 7.09. The number of nitrogens with two attached hydrogens (primary N) is 1. The van der Waals surface area contributed by atoms with Gasteiger partial charge in [-0.1, -0.05) is 17.7 Å². The molecule has 0 saturated carbocycles. The number of halogens is 2. The van der Waals surface area contributed by atoms with E-state index in [1.54, 1.807) is 6.07 Å². The molecule has 0 aliphatic rings. The van der Waals surface area contributed by atoms with Crippen LogP contribution in [0.2, 0.25) is 5.02 Å². The smallest absolute Gasteiger partial charge is 0.424 e. The summed E-state index contributed by atoms with van der Waals surface area (Å²) < 4.78 is 48.0. The molecule has 0 aliphatic heterocycles. The van der Waals surface area contributed by atoms with Crippen molar-refractivity contribution in [2.45, 2.75) is 4.90 Å². The Morgan fingerprint density at radius 3 is 2.58 bits per heavy atom. The van der Waals surface area contributed by atoms with Crippen LogP contribution in [0.4, 0.5) is 4.39 Å². The molecule has 0 fully saturated rings. The number of methoxy groups -OCH3 is 1. The third-order valence-corrected chi connectivity index (χ3v) is 4.88. The summed E-state index contributed by atoms with van der Waals surface area (Å²) in [5, 5.41) is 5.29. The number of aromatic nitrogens is 1. The van der Waals surface area contributed by atoms with Gasteiger partial charge in [-0.15, -0.1) is 0 Å². The Morgan fingerprint density at radius 1 is 1.23 bits per heavy atom. The maximum atomic E-state index is 14.1. The summed E-state index contributed by atoms with van der Waals surface area (Å²) in [6.07, 6.45) is 1.13. The van der Waals surface area contributed by atoms with E-state index in [0.29, 0.717) is 16.5 Å². The standard InChI is InChI=1S/C16H12ClFN2O5S/c1-24-14-7-10(3-4-11(14)17)20-13(8-25-16(20)21)9-2-5-15(12(18)6-9)26(19,22)23/h2-8H,1H3,(H2,19,22,23). The lowest BCUT2D eigenvalue weighted by molar-refractivity contribution is 0.414. The van der Waals surface area contributed by atoms with E-state index in [1.807, 2.05) is 0 Å². The second kappa shape index (κ2) is 6.60. The summed E-state index contributed by atoms with van der Waals surface area (Å²) in [5.41, 5.74) is 0.796. The largest absolute Gasteiger partial charge is 0.495 e. The van der Waals surface area contributed by atoms with Gasteiger partial charge in [0.25, 0.3) is 0 Å².